The topological polar surface area (TPSA) is 86.8 Å². The zero-order valence-electron chi connectivity index (χ0n) is 18.9. The van der Waals surface area contributed by atoms with Gasteiger partial charge in [0.2, 0.25) is 21.8 Å². The molecule has 0 spiro atoms. The third kappa shape index (κ3) is 8.32. The van der Waals surface area contributed by atoms with Gasteiger partial charge < -0.3 is 10.2 Å². The Morgan fingerprint density at radius 2 is 1.82 bits per heavy atom. The van der Waals surface area contributed by atoms with Crippen LogP contribution in [0.15, 0.2) is 53.0 Å². The van der Waals surface area contributed by atoms with Gasteiger partial charge in [-0.1, -0.05) is 39.7 Å². The van der Waals surface area contributed by atoms with E-state index in [0.717, 1.165) is 16.3 Å². The number of benzene rings is 2. The first kappa shape index (κ1) is 27.1. The fraction of sp³-hybridized carbons (Fsp3) is 0.391. The molecule has 2 aromatic carbocycles. The van der Waals surface area contributed by atoms with E-state index in [1.54, 1.807) is 31.2 Å². The molecule has 0 aliphatic carbocycles. The van der Waals surface area contributed by atoms with Crippen molar-refractivity contribution in [1.82, 2.24) is 10.2 Å². The molecule has 1 unspecified atom stereocenters. The van der Waals surface area contributed by atoms with Gasteiger partial charge in [0, 0.05) is 35.6 Å². The highest BCUT2D eigenvalue weighted by molar-refractivity contribution is 9.10. The zero-order chi connectivity index (χ0) is 24.6. The van der Waals surface area contributed by atoms with E-state index in [-0.39, 0.29) is 31.3 Å². The molecule has 7 nitrogen and oxygen atoms in total. The minimum atomic E-state index is -3.54. The molecule has 0 saturated heterocycles. The van der Waals surface area contributed by atoms with Crippen LogP contribution in [0.2, 0.25) is 5.02 Å². The van der Waals surface area contributed by atoms with Crippen molar-refractivity contribution in [2.45, 2.75) is 39.3 Å². The van der Waals surface area contributed by atoms with Crippen molar-refractivity contribution in [1.29, 1.82) is 0 Å². The number of sulfonamides is 1. The minimum Gasteiger partial charge on any atom is -0.355 e. The van der Waals surface area contributed by atoms with Crippen LogP contribution in [0.25, 0.3) is 0 Å². The lowest BCUT2D eigenvalue weighted by molar-refractivity contribution is -0.140. The summed E-state index contributed by atoms with van der Waals surface area (Å²) < 4.78 is 26.8. The van der Waals surface area contributed by atoms with E-state index >= 15 is 0 Å². The molecule has 0 radical (unpaired) electrons. The normalized spacial score (nSPS) is 12.2. The summed E-state index contributed by atoms with van der Waals surface area (Å²) in [5.74, 6) is -0.460. The molecule has 10 heteroatoms. The summed E-state index contributed by atoms with van der Waals surface area (Å²) in [4.78, 5) is 27.1. The first-order valence-electron chi connectivity index (χ1n) is 10.6. The molecule has 0 heterocycles. The van der Waals surface area contributed by atoms with Crippen molar-refractivity contribution in [3.8, 4) is 0 Å². The number of carbonyl (C=O) groups is 2. The van der Waals surface area contributed by atoms with E-state index in [2.05, 4.69) is 21.2 Å². The van der Waals surface area contributed by atoms with Gasteiger partial charge in [0.05, 0.1) is 11.9 Å². The Balaban J connectivity index is 2.14. The summed E-state index contributed by atoms with van der Waals surface area (Å²) in [7, 11) is -3.54. The van der Waals surface area contributed by atoms with E-state index in [1.165, 1.54) is 9.21 Å². The number of hydrogen-bond acceptors (Lipinski definition) is 4. The molecule has 0 saturated carbocycles. The Morgan fingerprint density at radius 3 is 2.39 bits per heavy atom. The minimum absolute atomic E-state index is 0.0946. The van der Waals surface area contributed by atoms with Crippen molar-refractivity contribution in [3.63, 3.8) is 0 Å². The molecule has 180 valence electrons. The molecule has 1 atom stereocenters. The maximum atomic E-state index is 13.1. The van der Waals surface area contributed by atoms with Crippen LogP contribution < -0.4 is 9.62 Å². The van der Waals surface area contributed by atoms with Crippen LogP contribution in [0.1, 0.15) is 32.3 Å². The standard InChI is InChI=1S/C23H29BrClN3O4S/c1-4-26-23(30)17(2)27(16-18-7-5-8-19(24)15-18)22(29)9-6-14-28(33(3,31)32)21-12-10-20(25)11-13-21/h5,7-8,10-13,15,17H,4,6,9,14,16H2,1-3H3,(H,26,30). The second-order valence-electron chi connectivity index (χ2n) is 7.64. The summed E-state index contributed by atoms with van der Waals surface area (Å²) in [6.07, 6.45) is 1.52. The monoisotopic (exact) mass is 557 g/mol. The van der Waals surface area contributed by atoms with E-state index < -0.39 is 16.1 Å². The lowest BCUT2D eigenvalue weighted by Gasteiger charge is -2.29. The highest BCUT2D eigenvalue weighted by Gasteiger charge is 2.26. The average Bonchev–Trinajstić information content (AvgIpc) is 2.74. The molecule has 33 heavy (non-hydrogen) atoms. The van der Waals surface area contributed by atoms with Gasteiger partial charge in [-0.2, -0.15) is 0 Å². The number of anilines is 1. The number of amides is 2. The van der Waals surface area contributed by atoms with E-state index in [1.807, 2.05) is 31.2 Å². The molecule has 0 fully saturated rings. The van der Waals surface area contributed by atoms with E-state index in [0.29, 0.717) is 23.7 Å². The SMILES string of the molecule is CCNC(=O)C(C)N(Cc1cccc(Br)c1)C(=O)CCCN(c1ccc(Cl)cc1)S(C)(=O)=O. The highest BCUT2D eigenvalue weighted by atomic mass is 79.9. The molecular formula is C23H29BrClN3O4S. The lowest BCUT2D eigenvalue weighted by atomic mass is 10.1. The number of likely N-dealkylation sites (N-methyl/N-ethyl adjacent to an activating group) is 1. The van der Waals surface area contributed by atoms with Crippen molar-refractivity contribution < 1.29 is 18.0 Å². The molecule has 0 aliphatic rings. The molecular weight excluding hydrogens is 530 g/mol. The van der Waals surface area contributed by atoms with Crippen molar-refractivity contribution in [3.05, 3.63) is 63.6 Å². The van der Waals surface area contributed by atoms with Gasteiger partial charge in [0.15, 0.2) is 0 Å². The lowest BCUT2D eigenvalue weighted by Crippen LogP contribution is -2.47. The zero-order valence-corrected chi connectivity index (χ0v) is 22.1. The molecule has 1 N–H and O–H groups in total. The number of carbonyl (C=O) groups excluding carboxylic acids is 2. The Labute approximate surface area is 209 Å². The molecule has 0 bridgehead atoms. The van der Waals surface area contributed by atoms with Gasteiger partial charge in [-0.3, -0.25) is 13.9 Å². The van der Waals surface area contributed by atoms with Crippen LogP contribution in [0.5, 0.6) is 0 Å². The molecule has 2 aromatic rings. The molecule has 2 amide bonds. The second-order valence-corrected chi connectivity index (χ2v) is 10.9. The van der Waals surface area contributed by atoms with Gasteiger partial charge in [-0.05, 0) is 62.2 Å². The van der Waals surface area contributed by atoms with Gasteiger partial charge in [-0.25, -0.2) is 8.42 Å². The Hall–Kier alpha value is -2.10. The molecule has 0 aromatic heterocycles. The van der Waals surface area contributed by atoms with Gasteiger partial charge in [0.1, 0.15) is 6.04 Å². The van der Waals surface area contributed by atoms with E-state index in [9.17, 15) is 18.0 Å². The van der Waals surface area contributed by atoms with Crippen molar-refractivity contribution in [2.24, 2.45) is 0 Å². The largest absolute Gasteiger partial charge is 0.355 e. The van der Waals surface area contributed by atoms with Crippen molar-refractivity contribution >= 4 is 55.1 Å². The predicted octanol–water partition coefficient (Wildman–Crippen LogP) is 4.20. The fourth-order valence-electron chi connectivity index (χ4n) is 3.35. The highest BCUT2D eigenvalue weighted by Crippen LogP contribution is 2.22. The Kier molecular flexibility index (Phi) is 10.2. The maximum absolute atomic E-state index is 13.1. The van der Waals surface area contributed by atoms with Crippen LogP contribution in [-0.4, -0.2) is 50.5 Å². The Morgan fingerprint density at radius 1 is 1.15 bits per heavy atom. The smallest absolute Gasteiger partial charge is 0.242 e. The van der Waals surface area contributed by atoms with Gasteiger partial charge in [-0.15, -0.1) is 0 Å². The number of halogens is 2. The summed E-state index contributed by atoms with van der Waals surface area (Å²) in [6.45, 7) is 4.38. The maximum Gasteiger partial charge on any atom is 0.242 e. The molecule has 0 aliphatic heterocycles. The Bertz CT molecular complexity index is 1060. The average molecular weight is 559 g/mol. The van der Waals surface area contributed by atoms with Crippen LogP contribution in [-0.2, 0) is 26.2 Å². The number of nitrogens with one attached hydrogen (secondary N) is 1. The number of nitrogens with zero attached hydrogens (tertiary/aromatic N) is 2. The van der Waals surface area contributed by atoms with Gasteiger partial charge >= 0.3 is 0 Å². The van der Waals surface area contributed by atoms with Crippen LogP contribution in [0.4, 0.5) is 5.69 Å². The van der Waals surface area contributed by atoms with Crippen LogP contribution in [0, 0.1) is 0 Å². The summed E-state index contributed by atoms with van der Waals surface area (Å²) in [6, 6.07) is 13.4. The van der Waals surface area contributed by atoms with Crippen LogP contribution >= 0.6 is 27.5 Å². The quantitative estimate of drug-likeness (QED) is 0.448. The summed E-state index contributed by atoms with van der Waals surface area (Å²) in [5, 5.41) is 3.26. The van der Waals surface area contributed by atoms with E-state index in [4.69, 9.17) is 11.6 Å². The number of rotatable bonds is 11. The number of hydrogen-bond donors (Lipinski definition) is 1. The summed E-state index contributed by atoms with van der Waals surface area (Å²) in [5.41, 5.74) is 1.36. The second kappa shape index (κ2) is 12.4. The third-order valence-corrected chi connectivity index (χ3v) is 6.97. The predicted molar refractivity (Wildman–Crippen MR) is 136 cm³/mol. The van der Waals surface area contributed by atoms with Gasteiger partial charge in [0.25, 0.3) is 0 Å². The summed E-state index contributed by atoms with van der Waals surface area (Å²) >= 11 is 9.34. The fourth-order valence-corrected chi connectivity index (χ4v) is 4.89. The van der Waals surface area contributed by atoms with Crippen LogP contribution in [0.3, 0.4) is 0 Å². The first-order valence-corrected chi connectivity index (χ1v) is 13.6. The molecule has 2 rings (SSSR count). The van der Waals surface area contributed by atoms with Crippen molar-refractivity contribution in [2.75, 3.05) is 23.7 Å². The third-order valence-electron chi connectivity index (χ3n) is 5.03. The first-order chi connectivity index (χ1) is 15.5.